The summed E-state index contributed by atoms with van der Waals surface area (Å²) in [6, 6.07) is 22.1. The van der Waals surface area contributed by atoms with E-state index in [9.17, 15) is 4.79 Å². The van der Waals surface area contributed by atoms with E-state index in [1.807, 2.05) is 42.5 Å². The third-order valence-electron chi connectivity index (χ3n) is 5.34. The molecule has 2 heterocycles. The predicted molar refractivity (Wildman–Crippen MR) is 118 cm³/mol. The molecule has 0 saturated carbocycles. The number of carbonyl (C=O) groups is 1. The highest BCUT2D eigenvalue weighted by molar-refractivity contribution is 5.94. The van der Waals surface area contributed by atoms with Gasteiger partial charge in [-0.3, -0.25) is 4.79 Å². The van der Waals surface area contributed by atoms with Gasteiger partial charge in [-0.05, 0) is 23.8 Å². The van der Waals surface area contributed by atoms with Crippen molar-refractivity contribution in [2.24, 2.45) is 0 Å². The van der Waals surface area contributed by atoms with E-state index in [1.54, 1.807) is 13.3 Å². The van der Waals surface area contributed by atoms with Crippen LogP contribution in [0.15, 0.2) is 72.9 Å². The largest absolute Gasteiger partial charge is 0.496 e. The normalized spacial score (nSPS) is 16.2. The number of benzene rings is 2. The molecule has 6 heteroatoms. The summed E-state index contributed by atoms with van der Waals surface area (Å²) < 4.78 is 5.33. The van der Waals surface area contributed by atoms with Crippen molar-refractivity contribution in [2.75, 3.05) is 31.6 Å². The van der Waals surface area contributed by atoms with Crippen LogP contribution in [0.4, 0.5) is 5.82 Å². The van der Waals surface area contributed by atoms with E-state index in [-0.39, 0.29) is 11.9 Å². The number of amides is 1. The van der Waals surface area contributed by atoms with E-state index >= 15 is 0 Å². The summed E-state index contributed by atoms with van der Waals surface area (Å²) in [5.41, 5.74) is 2.75. The van der Waals surface area contributed by atoms with Crippen molar-refractivity contribution >= 4 is 11.7 Å². The molecule has 1 amide bonds. The van der Waals surface area contributed by atoms with E-state index in [0.29, 0.717) is 12.1 Å². The van der Waals surface area contributed by atoms with Crippen LogP contribution in [0.5, 0.6) is 5.75 Å². The first kappa shape index (κ1) is 19.9. The molecule has 1 fully saturated rings. The number of ether oxygens (including phenoxy) is 1. The summed E-state index contributed by atoms with van der Waals surface area (Å²) in [4.78, 5) is 19.3. The summed E-state index contributed by atoms with van der Waals surface area (Å²) in [7, 11) is 1.63. The SMILES string of the molecule is COc1ccccc1CNC(=O)c1ccc(N2CCN[C@@H](c3ccccc3)C2)nc1. The number of nitrogens with zero attached hydrogens (tertiary/aromatic N) is 2. The van der Waals surface area contributed by atoms with E-state index < -0.39 is 0 Å². The number of anilines is 1. The van der Waals surface area contributed by atoms with Crippen molar-refractivity contribution in [3.05, 3.63) is 89.6 Å². The lowest BCUT2D eigenvalue weighted by Gasteiger charge is -2.34. The summed E-state index contributed by atoms with van der Waals surface area (Å²) >= 11 is 0. The van der Waals surface area contributed by atoms with E-state index in [4.69, 9.17) is 4.74 Å². The van der Waals surface area contributed by atoms with E-state index in [1.165, 1.54) is 5.56 Å². The molecular weight excluding hydrogens is 376 g/mol. The van der Waals surface area contributed by atoms with Gasteiger partial charge < -0.3 is 20.3 Å². The Morgan fingerprint density at radius 3 is 2.70 bits per heavy atom. The molecule has 30 heavy (non-hydrogen) atoms. The number of nitrogens with one attached hydrogen (secondary N) is 2. The minimum Gasteiger partial charge on any atom is -0.496 e. The van der Waals surface area contributed by atoms with Gasteiger partial charge in [-0.15, -0.1) is 0 Å². The highest BCUT2D eigenvalue weighted by Gasteiger charge is 2.21. The molecule has 2 aromatic carbocycles. The number of methoxy groups -OCH3 is 1. The molecule has 0 unspecified atom stereocenters. The van der Waals surface area contributed by atoms with Gasteiger partial charge in [0.15, 0.2) is 0 Å². The molecule has 154 valence electrons. The van der Waals surface area contributed by atoms with Crippen molar-refractivity contribution in [3.63, 3.8) is 0 Å². The molecule has 1 aliphatic rings. The van der Waals surface area contributed by atoms with Gasteiger partial charge in [-0.2, -0.15) is 0 Å². The Morgan fingerprint density at radius 2 is 1.93 bits per heavy atom. The van der Waals surface area contributed by atoms with Gasteiger partial charge in [0.05, 0.1) is 12.7 Å². The molecule has 1 aliphatic heterocycles. The monoisotopic (exact) mass is 402 g/mol. The van der Waals surface area contributed by atoms with Crippen LogP contribution in [-0.4, -0.2) is 37.6 Å². The molecule has 1 atom stereocenters. The second-order valence-electron chi connectivity index (χ2n) is 7.26. The Bertz CT molecular complexity index is 976. The first-order chi connectivity index (χ1) is 14.7. The molecule has 0 aliphatic carbocycles. The summed E-state index contributed by atoms with van der Waals surface area (Å²) in [5, 5.41) is 6.50. The fourth-order valence-electron chi connectivity index (χ4n) is 3.70. The molecule has 3 aromatic rings. The van der Waals surface area contributed by atoms with Crippen LogP contribution in [0.3, 0.4) is 0 Å². The van der Waals surface area contributed by atoms with Crippen molar-refractivity contribution in [1.29, 1.82) is 0 Å². The van der Waals surface area contributed by atoms with Crippen LogP contribution in [-0.2, 0) is 6.54 Å². The Kier molecular flexibility index (Phi) is 6.25. The van der Waals surface area contributed by atoms with Crippen LogP contribution in [0.2, 0.25) is 0 Å². The topological polar surface area (TPSA) is 66.5 Å². The highest BCUT2D eigenvalue weighted by Crippen LogP contribution is 2.21. The number of aromatic nitrogens is 1. The Hall–Kier alpha value is -3.38. The minimum atomic E-state index is -0.151. The van der Waals surface area contributed by atoms with Crippen molar-refractivity contribution < 1.29 is 9.53 Å². The average Bonchev–Trinajstić information content (AvgIpc) is 2.83. The summed E-state index contributed by atoms with van der Waals surface area (Å²) in [6.07, 6.45) is 1.65. The lowest BCUT2D eigenvalue weighted by molar-refractivity contribution is 0.0950. The van der Waals surface area contributed by atoms with Gasteiger partial charge in [0, 0.05) is 44.0 Å². The lowest BCUT2D eigenvalue weighted by Crippen LogP contribution is -2.46. The van der Waals surface area contributed by atoms with Crippen LogP contribution in [0.1, 0.15) is 27.5 Å². The molecule has 4 rings (SSSR count). The average molecular weight is 402 g/mol. The summed E-state index contributed by atoms with van der Waals surface area (Å²) in [6.45, 7) is 3.02. The number of pyridine rings is 1. The molecular formula is C24H26N4O2. The number of para-hydroxylation sites is 1. The lowest BCUT2D eigenvalue weighted by atomic mass is 10.0. The zero-order chi connectivity index (χ0) is 20.8. The van der Waals surface area contributed by atoms with Crippen molar-refractivity contribution in [2.45, 2.75) is 12.6 Å². The van der Waals surface area contributed by atoms with Crippen molar-refractivity contribution in [3.8, 4) is 5.75 Å². The van der Waals surface area contributed by atoms with Gasteiger partial charge in [-0.1, -0.05) is 48.5 Å². The third kappa shape index (κ3) is 4.60. The zero-order valence-electron chi connectivity index (χ0n) is 17.0. The van der Waals surface area contributed by atoms with E-state index in [2.05, 4.69) is 44.8 Å². The first-order valence-electron chi connectivity index (χ1n) is 10.1. The number of carbonyl (C=O) groups excluding carboxylic acids is 1. The van der Waals surface area contributed by atoms with Crippen LogP contribution in [0, 0.1) is 0 Å². The maximum Gasteiger partial charge on any atom is 0.253 e. The van der Waals surface area contributed by atoms with E-state index in [0.717, 1.165) is 36.8 Å². The summed E-state index contributed by atoms with van der Waals surface area (Å²) in [5.74, 6) is 1.50. The van der Waals surface area contributed by atoms with Gasteiger partial charge in [-0.25, -0.2) is 4.98 Å². The van der Waals surface area contributed by atoms with Gasteiger partial charge in [0.1, 0.15) is 11.6 Å². The quantitative estimate of drug-likeness (QED) is 0.663. The fraction of sp³-hybridized carbons (Fsp3) is 0.250. The number of rotatable bonds is 6. The molecule has 2 N–H and O–H groups in total. The molecule has 1 aromatic heterocycles. The second kappa shape index (κ2) is 9.41. The maximum absolute atomic E-state index is 12.5. The van der Waals surface area contributed by atoms with Crippen LogP contribution in [0.25, 0.3) is 0 Å². The van der Waals surface area contributed by atoms with Crippen LogP contribution >= 0.6 is 0 Å². The van der Waals surface area contributed by atoms with Gasteiger partial charge >= 0.3 is 0 Å². The number of piperazine rings is 1. The van der Waals surface area contributed by atoms with Crippen LogP contribution < -0.4 is 20.3 Å². The molecule has 0 bridgehead atoms. The number of hydrogen-bond acceptors (Lipinski definition) is 5. The first-order valence-corrected chi connectivity index (χ1v) is 10.1. The Labute approximate surface area is 176 Å². The fourth-order valence-corrected chi connectivity index (χ4v) is 3.70. The molecule has 0 spiro atoms. The standard InChI is InChI=1S/C24H26N4O2/c1-30-22-10-6-5-9-19(22)15-27-24(29)20-11-12-23(26-16-20)28-14-13-25-21(17-28)18-7-3-2-4-8-18/h2-12,16,21,25H,13-15,17H2,1H3,(H,27,29)/t21-/m1/s1. The van der Waals surface area contributed by atoms with Gasteiger partial charge in [0.25, 0.3) is 5.91 Å². The second-order valence-corrected chi connectivity index (χ2v) is 7.26. The number of hydrogen-bond donors (Lipinski definition) is 2. The highest BCUT2D eigenvalue weighted by atomic mass is 16.5. The minimum absolute atomic E-state index is 0.151. The molecule has 6 nitrogen and oxygen atoms in total. The smallest absolute Gasteiger partial charge is 0.253 e. The zero-order valence-corrected chi connectivity index (χ0v) is 17.0. The molecule has 1 saturated heterocycles. The maximum atomic E-state index is 12.5. The third-order valence-corrected chi connectivity index (χ3v) is 5.34. The predicted octanol–water partition coefficient (Wildman–Crippen LogP) is 3.17. The van der Waals surface area contributed by atoms with Crippen molar-refractivity contribution in [1.82, 2.24) is 15.6 Å². The Balaban J connectivity index is 1.38. The Morgan fingerprint density at radius 1 is 1.13 bits per heavy atom. The molecule has 0 radical (unpaired) electrons. The van der Waals surface area contributed by atoms with Gasteiger partial charge in [0.2, 0.25) is 0 Å².